The van der Waals surface area contributed by atoms with Gasteiger partial charge >= 0.3 is 0 Å². The highest BCUT2D eigenvalue weighted by molar-refractivity contribution is 6.14. The predicted octanol–water partition coefficient (Wildman–Crippen LogP) is 13.6. The summed E-state index contributed by atoms with van der Waals surface area (Å²) in [4.78, 5) is 15.3. The number of rotatable bonds is 6. The second-order valence-electron chi connectivity index (χ2n) is 14.5. The molecule has 0 radical (unpaired) electrons. The van der Waals surface area contributed by atoms with Gasteiger partial charge in [0.05, 0.1) is 11.0 Å². The number of aromatic nitrogens is 4. The Morgan fingerprint density at radius 2 is 0.825 bits per heavy atom. The molecule has 0 aliphatic heterocycles. The Labute approximate surface area is 330 Å². The van der Waals surface area contributed by atoms with Crippen molar-refractivity contribution in [1.82, 2.24) is 19.5 Å². The lowest BCUT2D eigenvalue weighted by Gasteiger charge is -2.13. The van der Waals surface area contributed by atoms with E-state index in [1.807, 2.05) is 24.3 Å². The van der Waals surface area contributed by atoms with Crippen LogP contribution in [0.3, 0.4) is 0 Å². The third kappa shape index (κ3) is 5.83. The molecule has 2 heterocycles. The van der Waals surface area contributed by atoms with Gasteiger partial charge in [0.2, 0.25) is 0 Å². The summed E-state index contributed by atoms with van der Waals surface area (Å²) >= 11 is 0. The average Bonchev–Trinajstić information content (AvgIpc) is 3.60. The highest BCUT2D eigenvalue weighted by Crippen LogP contribution is 2.39. The number of fused-ring (bicyclic) bond motifs is 5. The van der Waals surface area contributed by atoms with Crippen molar-refractivity contribution >= 4 is 43.4 Å². The van der Waals surface area contributed by atoms with Crippen molar-refractivity contribution in [2.24, 2.45) is 0 Å². The largest absolute Gasteiger partial charge is 0.309 e. The predicted molar refractivity (Wildman–Crippen MR) is 236 cm³/mol. The lowest BCUT2D eigenvalue weighted by Crippen LogP contribution is -2.01. The molecule has 0 saturated carbocycles. The minimum atomic E-state index is 0.619. The maximum absolute atomic E-state index is 5.17. The van der Waals surface area contributed by atoms with Crippen molar-refractivity contribution in [2.75, 3.05) is 0 Å². The molecule has 57 heavy (non-hydrogen) atoms. The van der Waals surface area contributed by atoms with Crippen LogP contribution in [-0.2, 0) is 0 Å². The van der Waals surface area contributed by atoms with E-state index in [0.717, 1.165) is 44.5 Å². The molecule has 11 aromatic rings. The molecule has 9 aromatic carbocycles. The maximum atomic E-state index is 5.17. The molecule has 0 N–H and O–H groups in total. The lowest BCUT2D eigenvalue weighted by atomic mass is 9.97. The van der Waals surface area contributed by atoms with Gasteiger partial charge in [0, 0.05) is 33.2 Å². The summed E-state index contributed by atoms with van der Waals surface area (Å²) in [6.07, 6.45) is 0. The van der Waals surface area contributed by atoms with E-state index in [0.29, 0.717) is 17.5 Å². The third-order valence-corrected chi connectivity index (χ3v) is 11.0. The summed E-state index contributed by atoms with van der Waals surface area (Å²) in [6.45, 7) is 0. The molecule has 0 amide bonds. The summed E-state index contributed by atoms with van der Waals surface area (Å²) in [5.41, 5.74) is 10.8. The van der Waals surface area contributed by atoms with E-state index in [-0.39, 0.29) is 0 Å². The molecule has 11 rings (SSSR count). The Hall–Kier alpha value is -7.69. The van der Waals surface area contributed by atoms with E-state index in [2.05, 4.69) is 187 Å². The van der Waals surface area contributed by atoms with Gasteiger partial charge in [-0.3, -0.25) is 0 Å². The smallest absolute Gasteiger partial charge is 0.164 e. The first-order valence-corrected chi connectivity index (χ1v) is 19.3. The Bertz CT molecular complexity index is 3290. The van der Waals surface area contributed by atoms with E-state index in [4.69, 9.17) is 15.0 Å². The topological polar surface area (TPSA) is 43.6 Å². The SMILES string of the molecule is c1ccc(-c2cccc(-c3nc(-c4ccccc4)nc(-c4cccc(-n5c6cc(-c7cccc8ccccc78)ccc6c6cc7ccccc7cc65)c4)n3)c2)cc1. The van der Waals surface area contributed by atoms with E-state index in [9.17, 15) is 0 Å². The fraction of sp³-hybridized carbons (Fsp3) is 0. The van der Waals surface area contributed by atoms with Gasteiger partial charge in [0.15, 0.2) is 17.5 Å². The number of benzene rings is 9. The summed E-state index contributed by atoms with van der Waals surface area (Å²) < 4.78 is 2.40. The molecular formula is C53H34N4. The molecule has 0 unspecified atom stereocenters. The molecule has 4 heteroatoms. The van der Waals surface area contributed by atoms with Crippen LogP contribution in [0.5, 0.6) is 0 Å². The molecule has 0 aliphatic carbocycles. The van der Waals surface area contributed by atoms with Crippen LogP contribution in [0.2, 0.25) is 0 Å². The summed E-state index contributed by atoms with van der Waals surface area (Å²) in [6, 6.07) is 73.0. The summed E-state index contributed by atoms with van der Waals surface area (Å²) in [5, 5.41) is 7.31. The molecule has 2 aromatic heterocycles. The lowest BCUT2D eigenvalue weighted by molar-refractivity contribution is 1.07. The van der Waals surface area contributed by atoms with Gasteiger partial charge in [0.1, 0.15) is 0 Å². The molecule has 0 spiro atoms. The van der Waals surface area contributed by atoms with E-state index >= 15 is 0 Å². The van der Waals surface area contributed by atoms with Crippen molar-refractivity contribution in [3.63, 3.8) is 0 Å². The van der Waals surface area contributed by atoms with Gasteiger partial charge in [-0.1, -0.05) is 170 Å². The standard InChI is InChI=1S/C53H34N4/c1-3-14-35(15-4-1)38-22-11-23-42(30-38)52-54-51(37-17-5-2-6-18-37)55-53(56-52)43-24-12-25-44(31-43)57-49-34-41(46-27-13-21-36-16-9-10-26-45(36)46)28-29-47(49)48-32-39-19-7-8-20-40(39)33-50(48)57/h1-34H. The highest BCUT2D eigenvalue weighted by atomic mass is 15.0. The first kappa shape index (κ1) is 32.7. The molecule has 0 fully saturated rings. The van der Waals surface area contributed by atoms with Crippen molar-refractivity contribution < 1.29 is 0 Å². The zero-order chi connectivity index (χ0) is 37.7. The number of hydrogen-bond acceptors (Lipinski definition) is 3. The van der Waals surface area contributed by atoms with Crippen LogP contribution >= 0.6 is 0 Å². The zero-order valence-electron chi connectivity index (χ0n) is 30.9. The van der Waals surface area contributed by atoms with Crippen LogP contribution in [0.4, 0.5) is 0 Å². The van der Waals surface area contributed by atoms with Crippen LogP contribution in [0, 0.1) is 0 Å². The molecule has 0 atom stereocenters. The Morgan fingerprint density at radius 1 is 0.281 bits per heavy atom. The molecular weight excluding hydrogens is 693 g/mol. The van der Waals surface area contributed by atoms with Crippen molar-refractivity contribution in [3.05, 3.63) is 206 Å². The maximum Gasteiger partial charge on any atom is 0.164 e. The second-order valence-corrected chi connectivity index (χ2v) is 14.5. The molecule has 266 valence electrons. The minimum absolute atomic E-state index is 0.619. The fourth-order valence-corrected chi connectivity index (χ4v) is 8.23. The van der Waals surface area contributed by atoms with Gasteiger partial charge in [-0.2, -0.15) is 0 Å². The molecule has 4 nitrogen and oxygen atoms in total. The Kier molecular flexibility index (Phi) is 7.78. The molecule has 0 bridgehead atoms. The minimum Gasteiger partial charge on any atom is -0.309 e. The van der Waals surface area contributed by atoms with Gasteiger partial charge in [0.25, 0.3) is 0 Å². The van der Waals surface area contributed by atoms with Crippen LogP contribution in [0.15, 0.2) is 206 Å². The monoisotopic (exact) mass is 726 g/mol. The Balaban J connectivity index is 1.12. The van der Waals surface area contributed by atoms with Crippen LogP contribution in [0.25, 0.3) is 105 Å². The fourth-order valence-electron chi connectivity index (χ4n) is 8.23. The normalized spacial score (nSPS) is 11.5. The van der Waals surface area contributed by atoms with Gasteiger partial charge in [-0.15, -0.1) is 0 Å². The second kappa shape index (κ2) is 13.6. The number of hydrogen-bond donors (Lipinski definition) is 0. The molecule has 0 aliphatic rings. The van der Waals surface area contributed by atoms with Crippen LogP contribution in [-0.4, -0.2) is 19.5 Å². The number of nitrogens with zero attached hydrogens (tertiary/aromatic N) is 4. The third-order valence-electron chi connectivity index (χ3n) is 11.0. The summed E-state index contributed by atoms with van der Waals surface area (Å²) in [5.74, 6) is 1.88. The average molecular weight is 727 g/mol. The van der Waals surface area contributed by atoms with E-state index in [1.54, 1.807) is 0 Å². The highest BCUT2D eigenvalue weighted by Gasteiger charge is 2.18. The Morgan fingerprint density at radius 3 is 1.60 bits per heavy atom. The summed E-state index contributed by atoms with van der Waals surface area (Å²) in [7, 11) is 0. The first-order chi connectivity index (χ1) is 28.2. The van der Waals surface area contributed by atoms with Gasteiger partial charge in [-0.25, -0.2) is 15.0 Å². The van der Waals surface area contributed by atoms with Crippen molar-refractivity contribution in [2.45, 2.75) is 0 Å². The van der Waals surface area contributed by atoms with Gasteiger partial charge < -0.3 is 4.57 Å². The zero-order valence-corrected chi connectivity index (χ0v) is 30.9. The van der Waals surface area contributed by atoms with Crippen molar-refractivity contribution in [3.8, 4) is 62.1 Å². The first-order valence-electron chi connectivity index (χ1n) is 19.3. The molecule has 0 saturated heterocycles. The van der Waals surface area contributed by atoms with Gasteiger partial charge in [-0.05, 0) is 80.2 Å². The van der Waals surface area contributed by atoms with Crippen molar-refractivity contribution in [1.29, 1.82) is 0 Å². The van der Waals surface area contributed by atoms with Crippen LogP contribution in [0.1, 0.15) is 0 Å². The van der Waals surface area contributed by atoms with E-state index < -0.39 is 0 Å². The van der Waals surface area contributed by atoms with E-state index in [1.165, 1.54) is 43.4 Å². The quantitative estimate of drug-likeness (QED) is 0.171. The van der Waals surface area contributed by atoms with Crippen LogP contribution < -0.4 is 0 Å².